The molecule has 0 radical (unpaired) electrons. The quantitative estimate of drug-likeness (QED) is 0.0819. The van der Waals surface area contributed by atoms with Gasteiger partial charge in [0.2, 0.25) is 13.4 Å². The first kappa shape index (κ1) is 34.5. The van der Waals surface area contributed by atoms with Gasteiger partial charge < -0.3 is 0 Å². The third-order valence-corrected chi connectivity index (χ3v) is 13.7. The molecule has 0 saturated heterocycles. The minimum atomic E-state index is -4.56. The minimum absolute atomic E-state index is 0.290. The molecule has 58 heavy (non-hydrogen) atoms. The van der Waals surface area contributed by atoms with Gasteiger partial charge in [-0.05, 0) is 135 Å². The van der Waals surface area contributed by atoms with Gasteiger partial charge in [0.25, 0.3) is 0 Å². The summed E-state index contributed by atoms with van der Waals surface area (Å²) in [5.74, 6) is 0. The Bertz CT molecular complexity index is 3010. The van der Waals surface area contributed by atoms with Crippen LogP contribution in [0, 0.1) is 0 Å². The lowest BCUT2D eigenvalue weighted by Crippen LogP contribution is -2.53. The zero-order valence-electron chi connectivity index (χ0n) is 32.7. The molecule has 0 N–H and O–H groups in total. The van der Waals surface area contributed by atoms with Gasteiger partial charge in [0.05, 0.1) is 11.1 Å². The van der Waals surface area contributed by atoms with Crippen molar-refractivity contribution in [1.29, 1.82) is 0 Å². The molecule has 4 aliphatic rings. The Kier molecular flexibility index (Phi) is 6.18. The molecule has 4 aliphatic heterocycles. The number of hydrogen-bond donors (Lipinski definition) is 0. The fourth-order valence-electron chi connectivity index (χ4n) is 11.5. The molecule has 0 aromatic heterocycles. The molecular weight excluding hydrogens is 736 g/mol. The highest BCUT2D eigenvalue weighted by atomic mass is 19.4. The van der Waals surface area contributed by atoms with Gasteiger partial charge in [0.15, 0.2) is 0 Å². The molecular formula is C50H34B2F6. The smallest absolute Gasteiger partial charge is 0.166 e. The largest absolute Gasteiger partial charge is 0.416 e. The van der Waals surface area contributed by atoms with Crippen molar-refractivity contribution >= 4 is 78.5 Å². The third-order valence-electron chi connectivity index (χ3n) is 13.7. The Morgan fingerprint density at radius 3 is 1.05 bits per heavy atom. The second-order valence-electron chi connectivity index (χ2n) is 19.0. The second kappa shape index (κ2) is 10.4. The lowest BCUT2D eigenvalue weighted by Gasteiger charge is -2.35. The molecule has 0 amide bonds. The summed E-state index contributed by atoms with van der Waals surface area (Å²) in [7, 11) is 0. The van der Waals surface area contributed by atoms with Gasteiger partial charge >= 0.3 is 12.4 Å². The molecule has 8 aromatic rings. The molecule has 8 heteroatoms. The van der Waals surface area contributed by atoms with Crippen LogP contribution in [0.5, 0.6) is 0 Å². The molecule has 0 nitrogen and oxygen atoms in total. The zero-order valence-corrected chi connectivity index (χ0v) is 32.7. The number of fused-ring (bicyclic) bond motifs is 10. The van der Waals surface area contributed by atoms with Crippen LogP contribution in [0.3, 0.4) is 0 Å². The van der Waals surface area contributed by atoms with E-state index in [0.717, 1.165) is 98.5 Å². The van der Waals surface area contributed by atoms with E-state index in [2.05, 4.69) is 65.8 Å². The van der Waals surface area contributed by atoms with Crippen molar-refractivity contribution in [2.45, 2.75) is 64.7 Å². The van der Waals surface area contributed by atoms with Crippen molar-refractivity contribution in [3.05, 3.63) is 119 Å². The van der Waals surface area contributed by atoms with Crippen LogP contribution in [0.15, 0.2) is 97.1 Å². The van der Waals surface area contributed by atoms with Crippen molar-refractivity contribution in [2.75, 3.05) is 0 Å². The summed E-state index contributed by atoms with van der Waals surface area (Å²) in [5, 5.41) is 5.91. The molecule has 0 bridgehead atoms. The maximum absolute atomic E-state index is 14.9. The van der Waals surface area contributed by atoms with Crippen LogP contribution in [-0.4, -0.2) is 13.4 Å². The fourth-order valence-corrected chi connectivity index (χ4v) is 11.5. The second-order valence-corrected chi connectivity index (χ2v) is 19.0. The van der Waals surface area contributed by atoms with Crippen molar-refractivity contribution < 1.29 is 26.3 Å². The molecule has 0 aliphatic carbocycles. The maximum atomic E-state index is 14.9. The van der Waals surface area contributed by atoms with Crippen LogP contribution in [0.4, 0.5) is 26.3 Å². The SMILES string of the molecule is CC(C)(C)c1cc2c3c(cc4c(C(C)(C)C)cc5c6c(cc1c3c46)B1c3ccccc3-c3cc(C(F)(F)F)cc-5c31)B1c3ccccc3-c3cc(C(F)(F)F)cc-2c31. The summed E-state index contributed by atoms with van der Waals surface area (Å²) in [6.45, 7) is 12.3. The number of halogens is 6. The number of benzene rings is 8. The highest BCUT2D eigenvalue weighted by molar-refractivity contribution is 7.03. The van der Waals surface area contributed by atoms with Crippen LogP contribution in [0.1, 0.15) is 63.8 Å². The Hall–Kier alpha value is -5.49. The van der Waals surface area contributed by atoms with Gasteiger partial charge in [0.1, 0.15) is 0 Å². The van der Waals surface area contributed by atoms with Gasteiger partial charge in [-0.1, -0.05) is 135 Å². The lowest BCUT2D eigenvalue weighted by molar-refractivity contribution is -0.138. The normalized spacial score (nSPS) is 14.8. The molecule has 12 rings (SSSR count). The van der Waals surface area contributed by atoms with Crippen LogP contribution < -0.4 is 32.8 Å². The predicted molar refractivity (Wildman–Crippen MR) is 229 cm³/mol. The van der Waals surface area contributed by atoms with Gasteiger partial charge in [-0.25, -0.2) is 0 Å². The molecule has 0 spiro atoms. The average molecular weight is 770 g/mol. The first-order valence-corrected chi connectivity index (χ1v) is 19.9. The van der Waals surface area contributed by atoms with E-state index in [4.69, 9.17) is 0 Å². The summed E-state index contributed by atoms with van der Waals surface area (Å²) in [6, 6.07) is 29.9. The number of alkyl halides is 6. The molecule has 4 heterocycles. The standard InChI is InChI=1S/C50H34B2F6/c1-47(2,3)35-19-27-31-17-23(49(53,54)55)15-29-25-11-8-10-14-38(25)52(45(29)31)40-22-34-36(48(4,5)6)20-28-32-18-24(50(56,57)58)16-30-26-12-7-9-13-37(26)51(46(30)32)39-21-33(35)43(41(27)40)44(34)42(28)39/h7-22H,1-6H3. The molecule has 0 atom stereocenters. The Morgan fingerprint density at radius 1 is 0.362 bits per heavy atom. The van der Waals surface area contributed by atoms with Gasteiger partial charge in [-0.15, -0.1) is 0 Å². The molecule has 8 aromatic carbocycles. The highest BCUT2D eigenvalue weighted by Crippen LogP contribution is 2.52. The summed E-state index contributed by atoms with van der Waals surface area (Å²) in [6.07, 6.45) is -9.12. The van der Waals surface area contributed by atoms with E-state index >= 15 is 0 Å². The summed E-state index contributed by atoms with van der Waals surface area (Å²) >= 11 is 0. The first-order valence-electron chi connectivity index (χ1n) is 19.9. The third kappa shape index (κ3) is 4.16. The van der Waals surface area contributed by atoms with Crippen molar-refractivity contribution in [2.24, 2.45) is 0 Å². The highest BCUT2D eigenvalue weighted by Gasteiger charge is 2.47. The van der Waals surface area contributed by atoms with Crippen molar-refractivity contribution in [3.8, 4) is 44.5 Å². The van der Waals surface area contributed by atoms with Gasteiger partial charge in [0, 0.05) is 0 Å². The van der Waals surface area contributed by atoms with Gasteiger partial charge in [-0.2, -0.15) is 26.3 Å². The number of hydrogen-bond acceptors (Lipinski definition) is 0. The van der Waals surface area contributed by atoms with Crippen LogP contribution in [0.2, 0.25) is 0 Å². The van der Waals surface area contributed by atoms with Crippen LogP contribution >= 0.6 is 0 Å². The molecule has 0 saturated carbocycles. The van der Waals surface area contributed by atoms with Crippen LogP contribution in [0.25, 0.3) is 76.8 Å². The van der Waals surface area contributed by atoms with Crippen molar-refractivity contribution in [3.63, 3.8) is 0 Å². The topological polar surface area (TPSA) is 0 Å². The minimum Gasteiger partial charge on any atom is -0.166 e. The predicted octanol–water partition coefficient (Wildman–Crippen LogP) is 10.2. The summed E-state index contributed by atoms with van der Waals surface area (Å²) in [4.78, 5) is 0. The maximum Gasteiger partial charge on any atom is 0.416 e. The summed E-state index contributed by atoms with van der Waals surface area (Å²) in [5.41, 5.74) is 11.4. The van der Waals surface area contributed by atoms with Crippen LogP contribution in [-0.2, 0) is 23.2 Å². The fraction of sp³-hybridized carbons (Fsp3) is 0.200. The molecule has 282 valence electrons. The molecule has 0 unspecified atom stereocenters. The Labute approximate surface area is 332 Å². The Morgan fingerprint density at radius 2 is 0.707 bits per heavy atom. The van der Waals surface area contributed by atoms with E-state index in [0.29, 0.717) is 22.3 Å². The van der Waals surface area contributed by atoms with E-state index in [1.807, 2.05) is 48.5 Å². The molecule has 0 fully saturated rings. The van der Waals surface area contributed by atoms with E-state index in [-0.39, 0.29) is 13.4 Å². The lowest BCUT2D eigenvalue weighted by atomic mass is 9.34. The Balaban J connectivity index is 1.35. The van der Waals surface area contributed by atoms with E-state index in [1.165, 1.54) is 24.3 Å². The van der Waals surface area contributed by atoms with Gasteiger partial charge in [-0.3, -0.25) is 0 Å². The zero-order chi connectivity index (χ0) is 40.3. The van der Waals surface area contributed by atoms with E-state index < -0.39 is 34.3 Å². The number of rotatable bonds is 0. The first-order chi connectivity index (χ1) is 27.3. The van der Waals surface area contributed by atoms with Crippen molar-refractivity contribution in [1.82, 2.24) is 0 Å². The summed E-state index contributed by atoms with van der Waals surface area (Å²) < 4.78 is 89.2. The van der Waals surface area contributed by atoms with E-state index in [9.17, 15) is 26.3 Å². The average Bonchev–Trinajstić information content (AvgIpc) is 3.67. The monoisotopic (exact) mass is 770 g/mol. The van der Waals surface area contributed by atoms with E-state index in [1.54, 1.807) is 0 Å².